The van der Waals surface area contributed by atoms with E-state index in [4.69, 9.17) is 14.0 Å². The average Bonchev–Trinajstić information content (AvgIpc) is 3.16. The molecular formula is C42H77NO12S. The van der Waals surface area contributed by atoms with Crippen molar-refractivity contribution in [3.8, 4) is 0 Å². The van der Waals surface area contributed by atoms with Crippen LogP contribution in [0.1, 0.15) is 162 Å². The topological polar surface area (TPSA) is 212 Å². The van der Waals surface area contributed by atoms with Gasteiger partial charge in [0.05, 0.1) is 25.4 Å². The van der Waals surface area contributed by atoms with Crippen molar-refractivity contribution >= 4 is 16.3 Å². The van der Waals surface area contributed by atoms with E-state index in [1.54, 1.807) is 6.08 Å². The van der Waals surface area contributed by atoms with Crippen molar-refractivity contribution in [2.45, 2.75) is 210 Å². The summed E-state index contributed by atoms with van der Waals surface area (Å²) in [6.45, 7) is 3.09. The molecule has 1 saturated heterocycles. The number of unbranched alkanes of at least 4 members (excludes halogenated alkanes) is 18. The Hall–Kier alpha value is -1.72. The highest BCUT2D eigenvalue weighted by molar-refractivity contribution is 7.80. The number of ether oxygens (including phenoxy) is 2. The van der Waals surface area contributed by atoms with Crippen molar-refractivity contribution in [1.29, 1.82) is 0 Å². The van der Waals surface area contributed by atoms with Gasteiger partial charge in [0, 0.05) is 0 Å². The summed E-state index contributed by atoms with van der Waals surface area (Å²) in [7, 11) is -5.12. The molecule has 0 bridgehead atoms. The summed E-state index contributed by atoms with van der Waals surface area (Å²) in [6, 6.07) is -1.14. The van der Waals surface area contributed by atoms with Crippen molar-refractivity contribution in [2.24, 2.45) is 0 Å². The van der Waals surface area contributed by atoms with E-state index >= 15 is 0 Å². The smallest absolute Gasteiger partial charge is 0.394 e. The molecule has 56 heavy (non-hydrogen) atoms. The van der Waals surface area contributed by atoms with Crippen LogP contribution >= 0.6 is 0 Å². The minimum absolute atomic E-state index is 0.236. The molecule has 1 heterocycles. The van der Waals surface area contributed by atoms with E-state index in [0.717, 1.165) is 51.4 Å². The highest BCUT2D eigenvalue weighted by Crippen LogP contribution is 2.26. The third kappa shape index (κ3) is 25.6. The zero-order valence-electron chi connectivity index (χ0n) is 34.3. The molecular weight excluding hydrogens is 743 g/mol. The van der Waals surface area contributed by atoms with Gasteiger partial charge < -0.3 is 40.3 Å². The van der Waals surface area contributed by atoms with Gasteiger partial charge in [-0.3, -0.25) is 9.35 Å². The van der Waals surface area contributed by atoms with Gasteiger partial charge in [-0.2, -0.15) is 8.42 Å². The van der Waals surface area contributed by atoms with Crippen molar-refractivity contribution < 1.29 is 57.0 Å². The van der Waals surface area contributed by atoms with Crippen LogP contribution in [0, 0.1) is 0 Å². The standard InChI is InChI=1S/C42H77NO12S/c1-3-5-7-9-11-13-15-16-17-18-19-21-23-25-27-29-31-36(46)41(49)43-34(35(45)30-28-26-24-22-20-14-12-10-8-6-4-2)33-53-42-39(48)40(55-56(50,51)52)38(47)37(32-44)54-42/h8,10,20,22,28,30,34-40,42,44-48H,3-7,9,11-19,21,23-27,29,31-33H2,1-2H3,(H,43,49)(H,50,51,52)/b10-8+,22-20+,30-28+. The van der Waals surface area contributed by atoms with Gasteiger partial charge in [0.15, 0.2) is 6.29 Å². The molecule has 0 aliphatic carbocycles. The van der Waals surface area contributed by atoms with Gasteiger partial charge in [-0.25, -0.2) is 4.18 Å². The zero-order chi connectivity index (χ0) is 41.4. The number of carbonyl (C=O) groups excluding carboxylic acids is 1. The Morgan fingerprint density at radius 3 is 1.68 bits per heavy atom. The summed E-state index contributed by atoms with van der Waals surface area (Å²) in [5.74, 6) is -0.718. The van der Waals surface area contributed by atoms with Crippen molar-refractivity contribution in [1.82, 2.24) is 5.32 Å². The largest absolute Gasteiger partial charge is 0.397 e. The van der Waals surface area contributed by atoms with Crippen LogP contribution in [0.15, 0.2) is 36.5 Å². The second-order valence-electron chi connectivity index (χ2n) is 15.1. The predicted octanol–water partition coefficient (Wildman–Crippen LogP) is 6.52. The molecule has 0 aromatic rings. The van der Waals surface area contributed by atoms with Gasteiger partial charge in [0.2, 0.25) is 5.91 Å². The molecule has 7 N–H and O–H groups in total. The second kappa shape index (κ2) is 33.1. The number of hydrogen-bond donors (Lipinski definition) is 7. The molecule has 0 saturated carbocycles. The Balaban J connectivity index is 2.62. The number of aliphatic hydroxyl groups is 5. The van der Waals surface area contributed by atoms with Gasteiger partial charge in [0.25, 0.3) is 0 Å². The van der Waals surface area contributed by atoms with Crippen molar-refractivity contribution in [3.63, 3.8) is 0 Å². The van der Waals surface area contributed by atoms with E-state index < -0.39 is 78.5 Å². The molecule has 0 aromatic heterocycles. The minimum Gasteiger partial charge on any atom is -0.394 e. The maximum atomic E-state index is 13.0. The monoisotopic (exact) mass is 820 g/mol. The Kier molecular flexibility index (Phi) is 31.0. The molecule has 0 spiro atoms. The summed E-state index contributed by atoms with van der Waals surface area (Å²) in [4.78, 5) is 13.0. The first kappa shape index (κ1) is 52.3. The van der Waals surface area contributed by atoms with E-state index in [1.165, 1.54) is 83.1 Å². The van der Waals surface area contributed by atoms with E-state index in [9.17, 15) is 38.7 Å². The van der Waals surface area contributed by atoms with Crippen LogP contribution in [0.25, 0.3) is 0 Å². The van der Waals surface area contributed by atoms with Gasteiger partial charge in [-0.15, -0.1) is 0 Å². The SMILES string of the molecule is CCC/C=C/CC/C=C/CC/C=C/C(O)C(COC1OC(CO)C(O)C(OS(=O)(=O)O)C1O)NC(=O)C(O)CCCCCCCCCCCCCCCCCC. The molecule has 1 aliphatic rings. The second-order valence-corrected chi connectivity index (χ2v) is 16.1. The highest BCUT2D eigenvalue weighted by atomic mass is 32.3. The van der Waals surface area contributed by atoms with Crippen molar-refractivity contribution in [2.75, 3.05) is 13.2 Å². The minimum atomic E-state index is -5.12. The van der Waals surface area contributed by atoms with Crippen LogP contribution in [0.5, 0.6) is 0 Å². The molecule has 328 valence electrons. The maximum absolute atomic E-state index is 13.0. The Bertz CT molecular complexity index is 1170. The predicted molar refractivity (Wildman–Crippen MR) is 219 cm³/mol. The third-order valence-electron chi connectivity index (χ3n) is 9.99. The Morgan fingerprint density at radius 1 is 0.714 bits per heavy atom. The summed E-state index contributed by atoms with van der Waals surface area (Å²) in [5.41, 5.74) is 0. The summed E-state index contributed by atoms with van der Waals surface area (Å²) < 4.78 is 47.3. The molecule has 0 radical (unpaired) electrons. The number of rotatable bonds is 35. The van der Waals surface area contributed by atoms with Crippen LogP contribution in [-0.2, 0) is 28.9 Å². The van der Waals surface area contributed by atoms with E-state index in [1.807, 2.05) is 0 Å². The molecule has 1 amide bonds. The zero-order valence-corrected chi connectivity index (χ0v) is 35.1. The number of carbonyl (C=O) groups is 1. The fraction of sp³-hybridized carbons (Fsp3) is 0.833. The Labute approximate surface area is 337 Å². The van der Waals surface area contributed by atoms with E-state index in [2.05, 4.69) is 47.7 Å². The first-order chi connectivity index (χ1) is 26.9. The van der Waals surface area contributed by atoms with Crippen molar-refractivity contribution in [3.05, 3.63) is 36.5 Å². The average molecular weight is 820 g/mol. The molecule has 0 aromatic carbocycles. The summed E-state index contributed by atoms with van der Waals surface area (Å²) in [5, 5.41) is 54.9. The van der Waals surface area contributed by atoms with Crippen LogP contribution in [-0.4, -0.2) is 107 Å². The number of allylic oxidation sites excluding steroid dienone is 5. The fourth-order valence-corrected chi connectivity index (χ4v) is 7.07. The van der Waals surface area contributed by atoms with E-state index in [-0.39, 0.29) is 6.42 Å². The lowest BCUT2D eigenvalue weighted by Gasteiger charge is -2.41. The van der Waals surface area contributed by atoms with Crippen LogP contribution in [0.3, 0.4) is 0 Å². The summed E-state index contributed by atoms with van der Waals surface area (Å²) in [6.07, 6.45) is 25.3. The molecule has 1 fully saturated rings. The van der Waals surface area contributed by atoms with Crippen LogP contribution in [0.2, 0.25) is 0 Å². The fourth-order valence-electron chi connectivity index (χ4n) is 6.56. The molecule has 1 rings (SSSR count). The quantitative estimate of drug-likeness (QED) is 0.0207. The number of hydrogen-bond acceptors (Lipinski definition) is 11. The van der Waals surface area contributed by atoms with Crippen LogP contribution in [0.4, 0.5) is 0 Å². The number of amides is 1. The number of aliphatic hydroxyl groups excluding tert-OH is 5. The van der Waals surface area contributed by atoms with Gasteiger partial charge in [0.1, 0.15) is 30.5 Å². The number of nitrogens with one attached hydrogen (secondary N) is 1. The molecule has 14 heteroatoms. The lowest BCUT2D eigenvalue weighted by molar-refractivity contribution is -0.298. The van der Waals surface area contributed by atoms with Gasteiger partial charge in [-0.05, 0) is 38.5 Å². The van der Waals surface area contributed by atoms with Crippen LogP contribution < -0.4 is 5.32 Å². The van der Waals surface area contributed by atoms with E-state index in [0.29, 0.717) is 12.8 Å². The van der Waals surface area contributed by atoms with Gasteiger partial charge >= 0.3 is 10.4 Å². The molecule has 1 aliphatic heterocycles. The maximum Gasteiger partial charge on any atom is 0.397 e. The third-order valence-corrected chi connectivity index (χ3v) is 10.5. The molecule has 8 atom stereocenters. The highest BCUT2D eigenvalue weighted by Gasteiger charge is 2.48. The lowest BCUT2D eigenvalue weighted by atomic mass is 9.99. The lowest BCUT2D eigenvalue weighted by Crippen LogP contribution is -2.61. The molecule has 8 unspecified atom stereocenters. The summed E-state index contributed by atoms with van der Waals surface area (Å²) >= 11 is 0. The molecule has 13 nitrogen and oxygen atoms in total. The first-order valence-electron chi connectivity index (χ1n) is 21.5. The normalized spacial score (nSPS) is 22.3. The Morgan fingerprint density at radius 2 is 1.20 bits per heavy atom. The first-order valence-corrected chi connectivity index (χ1v) is 22.8. The van der Waals surface area contributed by atoms with Gasteiger partial charge in [-0.1, -0.05) is 159 Å².